The first-order valence-electron chi connectivity index (χ1n) is 31.7. The van der Waals surface area contributed by atoms with E-state index in [1.807, 2.05) is 6.08 Å². The molecule has 0 aromatic carbocycles. The Morgan fingerprint density at radius 1 is 0.432 bits per heavy atom. The Hall–Kier alpha value is -1.99. The molecule has 81 heavy (non-hydrogen) atoms. The molecule has 12 N–H and O–H groups in total. The summed E-state index contributed by atoms with van der Waals surface area (Å²) in [5.41, 5.74) is 0. The van der Waals surface area contributed by atoms with E-state index < -0.39 is 124 Å². The van der Waals surface area contributed by atoms with Crippen LogP contribution >= 0.6 is 0 Å². The second-order valence-electron chi connectivity index (χ2n) is 22.9. The largest absolute Gasteiger partial charge is 0.394 e. The molecule has 0 aliphatic carbocycles. The summed E-state index contributed by atoms with van der Waals surface area (Å²) in [7, 11) is 0. The number of allylic oxidation sites excluding steroid dienone is 5. The maximum atomic E-state index is 13.3. The van der Waals surface area contributed by atoms with Gasteiger partial charge in [-0.25, -0.2) is 0 Å². The highest BCUT2D eigenvalue weighted by Crippen LogP contribution is 2.33. The molecule has 0 aromatic heterocycles. The molecule has 3 heterocycles. The van der Waals surface area contributed by atoms with E-state index in [0.717, 1.165) is 44.9 Å². The van der Waals surface area contributed by atoms with Gasteiger partial charge in [-0.3, -0.25) is 4.79 Å². The zero-order valence-corrected chi connectivity index (χ0v) is 49.5. The van der Waals surface area contributed by atoms with Crippen molar-refractivity contribution in [3.8, 4) is 0 Å². The van der Waals surface area contributed by atoms with Crippen LogP contribution in [0.25, 0.3) is 0 Å². The normalized spacial score (nSPS) is 30.0. The van der Waals surface area contributed by atoms with Gasteiger partial charge in [0, 0.05) is 6.42 Å². The number of aliphatic hydroxyl groups is 11. The van der Waals surface area contributed by atoms with Crippen molar-refractivity contribution >= 4 is 5.91 Å². The van der Waals surface area contributed by atoms with Crippen LogP contribution in [0.1, 0.15) is 219 Å². The SMILES string of the molecule is CCCCCCCCCCCCCCC/C=C/CC/C=C/CC/C=C/C(O)C(COC1OC(CO)C(OC2OC(CO)C(OC3OC(CO)C(O)C(O)C3O)C(O)C2O)C(O)C1O)NC(=O)CCCCCCCCCCCCCCC. The van der Waals surface area contributed by atoms with Crippen LogP contribution in [0.2, 0.25) is 0 Å². The molecule has 0 saturated carbocycles. The molecule has 474 valence electrons. The molecule has 17 unspecified atom stereocenters. The first kappa shape index (κ1) is 73.3. The molecule has 3 rings (SSSR count). The van der Waals surface area contributed by atoms with Gasteiger partial charge in [0.05, 0.1) is 38.6 Å². The predicted octanol–water partition coefficient (Wildman–Crippen LogP) is 6.49. The van der Waals surface area contributed by atoms with Crippen molar-refractivity contribution in [2.24, 2.45) is 0 Å². The minimum atomic E-state index is -1.98. The number of rotatable bonds is 47. The molecular weight excluding hydrogens is 1050 g/mol. The van der Waals surface area contributed by atoms with Crippen LogP contribution in [0.3, 0.4) is 0 Å². The molecule has 19 nitrogen and oxygen atoms in total. The third-order valence-corrected chi connectivity index (χ3v) is 15.9. The highest BCUT2D eigenvalue weighted by molar-refractivity contribution is 5.76. The number of aliphatic hydroxyl groups excluding tert-OH is 11. The summed E-state index contributed by atoms with van der Waals surface area (Å²) in [5.74, 6) is -0.289. The lowest BCUT2D eigenvalue weighted by atomic mass is 9.96. The number of nitrogens with one attached hydrogen (secondary N) is 1. The molecule has 0 bridgehead atoms. The monoisotopic (exact) mass is 1160 g/mol. The summed E-state index contributed by atoms with van der Waals surface area (Å²) in [6.07, 6.45) is 22.8. The summed E-state index contributed by atoms with van der Waals surface area (Å²) >= 11 is 0. The van der Waals surface area contributed by atoms with E-state index in [0.29, 0.717) is 12.8 Å². The number of hydrogen-bond acceptors (Lipinski definition) is 18. The van der Waals surface area contributed by atoms with Crippen LogP contribution in [0, 0.1) is 0 Å². The van der Waals surface area contributed by atoms with Crippen molar-refractivity contribution in [3.05, 3.63) is 36.5 Å². The second-order valence-corrected chi connectivity index (χ2v) is 22.9. The summed E-state index contributed by atoms with van der Waals surface area (Å²) in [6, 6.07) is -0.993. The fraction of sp³-hybridized carbons (Fsp3) is 0.887. The average molecular weight is 1160 g/mol. The van der Waals surface area contributed by atoms with Gasteiger partial charge in [-0.05, 0) is 44.9 Å². The van der Waals surface area contributed by atoms with Crippen molar-refractivity contribution in [3.63, 3.8) is 0 Å². The smallest absolute Gasteiger partial charge is 0.220 e. The molecule has 17 atom stereocenters. The quantitative estimate of drug-likeness (QED) is 0.0229. The molecule has 19 heteroatoms. The number of carbonyl (C=O) groups excluding carboxylic acids is 1. The van der Waals surface area contributed by atoms with E-state index in [-0.39, 0.29) is 18.9 Å². The first-order valence-corrected chi connectivity index (χ1v) is 31.7. The van der Waals surface area contributed by atoms with Crippen molar-refractivity contribution in [1.29, 1.82) is 0 Å². The highest BCUT2D eigenvalue weighted by Gasteiger charge is 2.53. The minimum absolute atomic E-state index is 0.235. The molecule has 0 spiro atoms. The lowest BCUT2D eigenvalue weighted by Gasteiger charge is -2.48. The Balaban J connectivity index is 1.49. The van der Waals surface area contributed by atoms with Crippen LogP contribution in [0.5, 0.6) is 0 Å². The Morgan fingerprint density at radius 2 is 0.790 bits per heavy atom. The van der Waals surface area contributed by atoms with E-state index in [1.54, 1.807) is 6.08 Å². The van der Waals surface area contributed by atoms with Crippen LogP contribution in [-0.4, -0.2) is 193 Å². The molecule has 1 amide bonds. The standard InChI is InChI=1S/C62H113NO18/c1-3-5-7-9-11-13-15-17-18-19-20-21-22-23-24-25-26-28-29-31-33-35-37-39-46(67)45(63-50(68)40-38-36-34-32-30-27-16-14-12-10-8-6-4-2)44-76-60-56(74)53(71)58(48(42-65)78-60)81-62-57(75)54(72)59(49(43-66)79-62)80-61-55(73)52(70)51(69)47(41-64)77-61/h24-25,29,31,37,39,45-49,51-62,64-67,69-75H,3-23,26-28,30,32-36,38,40-44H2,1-2H3,(H,63,68)/b25-24+,31-29+,39-37+. The predicted molar refractivity (Wildman–Crippen MR) is 309 cm³/mol. The number of unbranched alkanes of at least 4 members (excludes halogenated alkanes) is 27. The molecule has 3 aliphatic heterocycles. The lowest BCUT2D eigenvalue weighted by Crippen LogP contribution is -2.66. The summed E-state index contributed by atoms with van der Waals surface area (Å²) in [5, 5.41) is 120. The van der Waals surface area contributed by atoms with Crippen LogP contribution < -0.4 is 5.32 Å². The third kappa shape index (κ3) is 28.8. The zero-order chi connectivity index (χ0) is 59.0. The van der Waals surface area contributed by atoms with Gasteiger partial charge in [0.1, 0.15) is 73.2 Å². The third-order valence-electron chi connectivity index (χ3n) is 15.9. The fourth-order valence-corrected chi connectivity index (χ4v) is 10.7. The van der Waals surface area contributed by atoms with E-state index in [4.69, 9.17) is 28.4 Å². The van der Waals surface area contributed by atoms with Gasteiger partial charge in [-0.1, -0.05) is 204 Å². The molecule has 0 aromatic rings. The van der Waals surface area contributed by atoms with Crippen LogP contribution in [0.4, 0.5) is 0 Å². The van der Waals surface area contributed by atoms with Gasteiger partial charge in [0.25, 0.3) is 0 Å². The van der Waals surface area contributed by atoms with Gasteiger partial charge in [0.15, 0.2) is 18.9 Å². The molecule has 3 fully saturated rings. The number of carbonyl (C=O) groups is 1. The Labute approximate surface area is 485 Å². The molecule has 3 aliphatic rings. The second kappa shape index (κ2) is 45.3. The summed E-state index contributed by atoms with van der Waals surface area (Å²) in [4.78, 5) is 13.3. The lowest BCUT2D eigenvalue weighted by molar-refractivity contribution is -0.379. The number of ether oxygens (including phenoxy) is 6. The van der Waals surface area contributed by atoms with Crippen LogP contribution in [0.15, 0.2) is 36.5 Å². The maximum absolute atomic E-state index is 13.3. The van der Waals surface area contributed by atoms with Crippen molar-refractivity contribution < 1.29 is 89.4 Å². The maximum Gasteiger partial charge on any atom is 0.220 e. The fourth-order valence-electron chi connectivity index (χ4n) is 10.7. The topological polar surface area (TPSA) is 307 Å². The highest BCUT2D eigenvalue weighted by atomic mass is 16.8. The van der Waals surface area contributed by atoms with Crippen molar-refractivity contribution in [2.75, 3.05) is 26.4 Å². The average Bonchev–Trinajstić information content (AvgIpc) is 3.52. The summed E-state index contributed by atoms with van der Waals surface area (Å²) in [6.45, 7) is 1.70. The van der Waals surface area contributed by atoms with E-state index in [1.165, 1.54) is 141 Å². The van der Waals surface area contributed by atoms with E-state index >= 15 is 0 Å². The van der Waals surface area contributed by atoms with Gasteiger partial charge < -0.3 is 89.9 Å². The van der Waals surface area contributed by atoms with Crippen molar-refractivity contribution in [2.45, 2.75) is 324 Å². The Bertz CT molecular complexity index is 1620. The Kier molecular flexibility index (Phi) is 41.0. The van der Waals surface area contributed by atoms with E-state index in [2.05, 4.69) is 43.5 Å². The molecule has 0 radical (unpaired) electrons. The van der Waals surface area contributed by atoms with Gasteiger partial charge in [-0.2, -0.15) is 0 Å². The summed E-state index contributed by atoms with van der Waals surface area (Å²) < 4.78 is 34.2. The Morgan fingerprint density at radius 3 is 1.23 bits per heavy atom. The van der Waals surface area contributed by atoms with Gasteiger partial charge >= 0.3 is 0 Å². The zero-order valence-electron chi connectivity index (χ0n) is 49.5. The van der Waals surface area contributed by atoms with Gasteiger partial charge in [-0.15, -0.1) is 0 Å². The number of hydrogen-bond donors (Lipinski definition) is 12. The first-order chi connectivity index (χ1) is 39.3. The van der Waals surface area contributed by atoms with Gasteiger partial charge in [0.2, 0.25) is 5.91 Å². The number of amides is 1. The van der Waals surface area contributed by atoms with E-state index in [9.17, 15) is 61.0 Å². The van der Waals surface area contributed by atoms with Crippen LogP contribution in [-0.2, 0) is 33.2 Å². The molecule has 3 saturated heterocycles. The minimum Gasteiger partial charge on any atom is -0.394 e. The van der Waals surface area contributed by atoms with Crippen molar-refractivity contribution in [1.82, 2.24) is 5.32 Å². The molecular formula is C62H113NO18.